The third kappa shape index (κ3) is 3.83. The van der Waals surface area contributed by atoms with Crippen LogP contribution in [0.4, 0.5) is 0 Å². The molecule has 0 saturated heterocycles. The summed E-state index contributed by atoms with van der Waals surface area (Å²) in [6, 6.07) is 11.7. The largest absolute Gasteiger partial charge is 0.326 e. The number of hydrogen-bond donors (Lipinski definition) is 2. The Morgan fingerprint density at radius 2 is 1.71 bits per heavy atom. The molecule has 3 rings (SSSR count). The summed E-state index contributed by atoms with van der Waals surface area (Å²) < 4.78 is 0. The average Bonchev–Trinajstić information content (AvgIpc) is 2.98. The van der Waals surface area contributed by atoms with E-state index in [1.165, 1.54) is 0 Å². The zero-order valence-corrected chi connectivity index (χ0v) is 14.6. The fourth-order valence-electron chi connectivity index (χ4n) is 2.65. The van der Waals surface area contributed by atoms with Crippen LogP contribution in [0, 0.1) is 0 Å². The maximum atomic E-state index is 6.15. The minimum Gasteiger partial charge on any atom is -0.326 e. The normalized spacial score (nSPS) is 11.7. The van der Waals surface area contributed by atoms with E-state index in [2.05, 4.69) is 15.2 Å². The maximum absolute atomic E-state index is 6.15. The van der Waals surface area contributed by atoms with Crippen molar-refractivity contribution in [1.82, 2.24) is 15.2 Å². The molecular formula is C19H21ClN4. The molecule has 1 aromatic carbocycles. The molecule has 2 heterocycles. The first-order chi connectivity index (χ1) is 11.4. The van der Waals surface area contributed by atoms with E-state index in [4.69, 9.17) is 17.3 Å². The summed E-state index contributed by atoms with van der Waals surface area (Å²) in [4.78, 5) is 4.12. The summed E-state index contributed by atoms with van der Waals surface area (Å²) in [5.74, 6) is 0. The average molecular weight is 341 g/mol. The van der Waals surface area contributed by atoms with E-state index in [0.717, 1.165) is 40.9 Å². The van der Waals surface area contributed by atoms with Crippen molar-refractivity contribution in [2.45, 2.75) is 32.2 Å². The molecule has 0 unspecified atom stereocenters. The van der Waals surface area contributed by atoms with Crippen LogP contribution in [0.25, 0.3) is 22.4 Å². The van der Waals surface area contributed by atoms with Gasteiger partial charge in [-0.2, -0.15) is 5.10 Å². The van der Waals surface area contributed by atoms with Crippen LogP contribution < -0.4 is 5.73 Å². The van der Waals surface area contributed by atoms with Gasteiger partial charge in [0, 0.05) is 39.8 Å². The highest BCUT2D eigenvalue weighted by Gasteiger charge is 2.19. The number of aromatic amines is 1. The van der Waals surface area contributed by atoms with Crippen LogP contribution in [-0.4, -0.2) is 20.7 Å². The van der Waals surface area contributed by atoms with Gasteiger partial charge in [0.1, 0.15) is 5.69 Å². The van der Waals surface area contributed by atoms with Crippen LogP contribution in [0.5, 0.6) is 0 Å². The molecule has 124 valence electrons. The molecule has 0 aliphatic carbocycles. The van der Waals surface area contributed by atoms with E-state index in [1.807, 2.05) is 50.2 Å². The first-order valence-corrected chi connectivity index (χ1v) is 8.34. The third-order valence-electron chi connectivity index (χ3n) is 3.95. The lowest BCUT2D eigenvalue weighted by Crippen LogP contribution is -2.32. The lowest BCUT2D eigenvalue weighted by atomic mass is 9.94. The van der Waals surface area contributed by atoms with Gasteiger partial charge in [-0.3, -0.25) is 10.1 Å². The smallest absolute Gasteiger partial charge is 0.100 e. The number of rotatable bonds is 5. The third-order valence-corrected chi connectivity index (χ3v) is 4.20. The molecule has 2 aromatic heterocycles. The number of H-pyrrole nitrogens is 1. The van der Waals surface area contributed by atoms with E-state index in [1.54, 1.807) is 12.4 Å². The SMILES string of the molecule is CC(C)(N)CCc1[nH]nc(-c2ccc(Cl)cc2)c1-c1ccncc1. The lowest BCUT2D eigenvalue weighted by molar-refractivity contribution is 0.474. The Balaban J connectivity index is 2.06. The summed E-state index contributed by atoms with van der Waals surface area (Å²) in [6.07, 6.45) is 5.30. The molecule has 0 radical (unpaired) electrons. The Hall–Kier alpha value is -2.17. The van der Waals surface area contributed by atoms with Gasteiger partial charge >= 0.3 is 0 Å². The fraction of sp³-hybridized carbons (Fsp3) is 0.263. The van der Waals surface area contributed by atoms with E-state index in [9.17, 15) is 0 Å². The molecule has 24 heavy (non-hydrogen) atoms. The number of hydrogen-bond acceptors (Lipinski definition) is 3. The van der Waals surface area contributed by atoms with E-state index in [0.29, 0.717) is 5.02 Å². The summed E-state index contributed by atoms with van der Waals surface area (Å²) in [7, 11) is 0. The Bertz CT molecular complexity index is 802. The van der Waals surface area contributed by atoms with Crippen molar-refractivity contribution in [2.75, 3.05) is 0 Å². The predicted octanol–water partition coefficient (Wildman–Crippen LogP) is 4.46. The van der Waals surface area contributed by atoms with Gasteiger partial charge in [0.05, 0.1) is 0 Å². The molecule has 0 saturated carbocycles. The van der Waals surface area contributed by atoms with Gasteiger partial charge in [0.25, 0.3) is 0 Å². The molecule has 0 fully saturated rings. The number of nitrogens with zero attached hydrogens (tertiary/aromatic N) is 2. The van der Waals surface area contributed by atoms with Crippen LogP contribution in [-0.2, 0) is 6.42 Å². The molecule has 0 atom stereocenters. The Morgan fingerprint density at radius 1 is 1.04 bits per heavy atom. The van der Waals surface area contributed by atoms with Crippen molar-refractivity contribution in [2.24, 2.45) is 5.73 Å². The molecule has 3 aromatic rings. The minimum atomic E-state index is -0.221. The minimum absolute atomic E-state index is 0.221. The van der Waals surface area contributed by atoms with Gasteiger partial charge in [0.2, 0.25) is 0 Å². The van der Waals surface area contributed by atoms with Crippen molar-refractivity contribution in [1.29, 1.82) is 0 Å². The van der Waals surface area contributed by atoms with E-state index >= 15 is 0 Å². The summed E-state index contributed by atoms with van der Waals surface area (Å²) in [6.45, 7) is 4.07. The Morgan fingerprint density at radius 3 is 2.33 bits per heavy atom. The number of aryl methyl sites for hydroxylation is 1. The van der Waals surface area contributed by atoms with Gasteiger partial charge in [-0.05, 0) is 56.5 Å². The van der Waals surface area contributed by atoms with E-state index in [-0.39, 0.29) is 5.54 Å². The fourth-order valence-corrected chi connectivity index (χ4v) is 2.78. The predicted molar refractivity (Wildman–Crippen MR) is 98.9 cm³/mol. The first-order valence-electron chi connectivity index (χ1n) is 7.96. The number of nitrogens with two attached hydrogens (primary N) is 1. The number of halogens is 1. The molecule has 0 spiro atoms. The monoisotopic (exact) mass is 340 g/mol. The van der Waals surface area contributed by atoms with Crippen LogP contribution in [0.3, 0.4) is 0 Å². The van der Waals surface area contributed by atoms with Crippen molar-refractivity contribution in [3.63, 3.8) is 0 Å². The van der Waals surface area contributed by atoms with Gasteiger partial charge in [-0.15, -0.1) is 0 Å². The number of pyridine rings is 1. The molecule has 0 amide bonds. The molecule has 0 aliphatic rings. The molecule has 4 nitrogen and oxygen atoms in total. The second kappa shape index (κ2) is 6.75. The summed E-state index contributed by atoms with van der Waals surface area (Å²) in [5.41, 5.74) is 11.2. The molecule has 0 aliphatic heterocycles. The highest BCUT2D eigenvalue weighted by molar-refractivity contribution is 6.30. The lowest BCUT2D eigenvalue weighted by Gasteiger charge is -2.18. The second-order valence-corrected chi connectivity index (χ2v) is 7.09. The number of nitrogens with one attached hydrogen (secondary N) is 1. The number of benzene rings is 1. The topological polar surface area (TPSA) is 67.6 Å². The van der Waals surface area contributed by atoms with Crippen molar-refractivity contribution >= 4 is 11.6 Å². The highest BCUT2D eigenvalue weighted by Crippen LogP contribution is 2.34. The zero-order chi connectivity index (χ0) is 17.2. The second-order valence-electron chi connectivity index (χ2n) is 6.66. The first kappa shape index (κ1) is 16.7. The van der Waals surface area contributed by atoms with E-state index < -0.39 is 0 Å². The van der Waals surface area contributed by atoms with Crippen molar-refractivity contribution in [3.05, 3.63) is 59.5 Å². The molecule has 5 heteroatoms. The van der Waals surface area contributed by atoms with Crippen LogP contribution in [0.2, 0.25) is 5.02 Å². The van der Waals surface area contributed by atoms with Crippen LogP contribution in [0.15, 0.2) is 48.8 Å². The quantitative estimate of drug-likeness (QED) is 0.720. The van der Waals surface area contributed by atoms with Gasteiger partial charge in [-0.1, -0.05) is 23.7 Å². The molecule has 0 bridgehead atoms. The van der Waals surface area contributed by atoms with Crippen LogP contribution in [0.1, 0.15) is 26.0 Å². The molecule has 3 N–H and O–H groups in total. The number of aromatic nitrogens is 3. The molecular weight excluding hydrogens is 320 g/mol. The van der Waals surface area contributed by atoms with Gasteiger partial charge in [-0.25, -0.2) is 0 Å². The standard InChI is InChI=1S/C19H21ClN4/c1-19(2,21)10-7-16-17(13-8-11-22-12-9-13)18(24-23-16)14-3-5-15(20)6-4-14/h3-6,8-9,11-12H,7,10,21H2,1-2H3,(H,23,24). The Labute approximate surface area is 147 Å². The van der Waals surface area contributed by atoms with Crippen molar-refractivity contribution in [3.8, 4) is 22.4 Å². The van der Waals surface area contributed by atoms with Crippen molar-refractivity contribution < 1.29 is 0 Å². The van der Waals surface area contributed by atoms with Gasteiger partial charge in [0.15, 0.2) is 0 Å². The maximum Gasteiger partial charge on any atom is 0.100 e. The summed E-state index contributed by atoms with van der Waals surface area (Å²) in [5, 5.41) is 8.48. The zero-order valence-electron chi connectivity index (χ0n) is 13.9. The van der Waals surface area contributed by atoms with Gasteiger partial charge < -0.3 is 5.73 Å². The van der Waals surface area contributed by atoms with Crippen LogP contribution >= 0.6 is 11.6 Å². The summed E-state index contributed by atoms with van der Waals surface area (Å²) >= 11 is 6.01. The Kier molecular flexibility index (Phi) is 4.69. The highest BCUT2D eigenvalue weighted by atomic mass is 35.5.